The van der Waals surface area contributed by atoms with Crippen LogP contribution >= 0.6 is 11.3 Å². The second-order valence-electron chi connectivity index (χ2n) is 6.34. The molecule has 0 fully saturated rings. The Labute approximate surface area is 171 Å². The predicted octanol–water partition coefficient (Wildman–Crippen LogP) is 6.00. The van der Waals surface area contributed by atoms with Gasteiger partial charge in [0.15, 0.2) is 5.76 Å². The van der Waals surface area contributed by atoms with Crippen molar-refractivity contribution in [2.24, 2.45) is 0 Å². The van der Waals surface area contributed by atoms with E-state index >= 15 is 0 Å². The number of carbonyl (C=O) groups excluding carboxylic acids is 1. The molecule has 2 aromatic heterocycles. The number of amides is 1. The van der Waals surface area contributed by atoms with Gasteiger partial charge in [-0.3, -0.25) is 4.79 Å². The number of nitrogens with zero attached hydrogens (tertiary/aromatic N) is 1. The van der Waals surface area contributed by atoms with E-state index in [1.54, 1.807) is 42.7 Å². The summed E-state index contributed by atoms with van der Waals surface area (Å²) in [6.45, 7) is 0.309. The SMILES string of the molecule is COc1ccc(-c2ccc(CN(C(=O)c3ccco3)c3cccc(F)c3)s2)cc1. The van der Waals surface area contributed by atoms with Crippen molar-refractivity contribution in [1.82, 2.24) is 0 Å². The molecule has 29 heavy (non-hydrogen) atoms. The van der Waals surface area contributed by atoms with Crippen LogP contribution in [0.15, 0.2) is 83.5 Å². The molecule has 0 radical (unpaired) electrons. The minimum atomic E-state index is -0.398. The zero-order valence-corrected chi connectivity index (χ0v) is 16.5. The highest BCUT2D eigenvalue weighted by atomic mass is 32.1. The summed E-state index contributed by atoms with van der Waals surface area (Å²) in [5.74, 6) is 0.290. The van der Waals surface area contributed by atoms with Crippen molar-refractivity contribution in [1.29, 1.82) is 0 Å². The second kappa shape index (κ2) is 8.32. The van der Waals surface area contributed by atoms with E-state index in [1.807, 2.05) is 36.4 Å². The summed E-state index contributed by atoms with van der Waals surface area (Å²) in [6, 6.07) is 21.1. The Morgan fingerprint density at radius 2 is 1.90 bits per heavy atom. The number of rotatable bonds is 6. The highest BCUT2D eigenvalue weighted by Crippen LogP contribution is 2.31. The lowest BCUT2D eigenvalue weighted by Gasteiger charge is -2.21. The highest BCUT2D eigenvalue weighted by molar-refractivity contribution is 7.15. The third kappa shape index (κ3) is 4.22. The molecule has 0 aliphatic carbocycles. The molecule has 0 aliphatic heterocycles. The number of ether oxygens (including phenoxy) is 1. The first-order valence-electron chi connectivity index (χ1n) is 8.98. The predicted molar refractivity (Wildman–Crippen MR) is 112 cm³/mol. The minimum Gasteiger partial charge on any atom is -0.497 e. The molecule has 2 aromatic carbocycles. The van der Waals surface area contributed by atoms with Gasteiger partial charge in [0.2, 0.25) is 0 Å². The van der Waals surface area contributed by atoms with Crippen LogP contribution < -0.4 is 9.64 Å². The Hall–Kier alpha value is -3.38. The van der Waals surface area contributed by atoms with Crippen LogP contribution in [-0.4, -0.2) is 13.0 Å². The minimum absolute atomic E-state index is 0.209. The second-order valence-corrected chi connectivity index (χ2v) is 7.51. The maximum Gasteiger partial charge on any atom is 0.294 e. The number of furan rings is 1. The van der Waals surface area contributed by atoms with Crippen LogP contribution in [-0.2, 0) is 6.54 Å². The molecule has 0 spiro atoms. The molecule has 2 heterocycles. The summed E-state index contributed by atoms with van der Waals surface area (Å²) >= 11 is 1.58. The molecule has 0 aliphatic rings. The maximum atomic E-state index is 13.8. The third-order valence-corrected chi connectivity index (χ3v) is 5.57. The molecule has 0 atom stereocenters. The van der Waals surface area contributed by atoms with Crippen molar-refractivity contribution in [3.05, 3.63) is 95.5 Å². The first kappa shape index (κ1) is 19.0. The molecular formula is C23H18FNO3S. The van der Waals surface area contributed by atoms with Gasteiger partial charge in [-0.2, -0.15) is 0 Å². The number of benzene rings is 2. The average molecular weight is 407 g/mol. The Bertz CT molecular complexity index is 1100. The number of hydrogen-bond donors (Lipinski definition) is 0. The van der Waals surface area contributed by atoms with Gasteiger partial charge in [0.1, 0.15) is 11.6 Å². The van der Waals surface area contributed by atoms with Gasteiger partial charge in [0.05, 0.1) is 19.9 Å². The molecule has 0 N–H and O–H groups in total. The fourth-order valence-electron chi connectivity index (χ4n) is 2.99. The van der Waals surface area contributed by atoms with Crippen molar-refractivity contribution in [3.8, 4) is 16.2 Å². The van der Waals surface area contributed by atoms with Gasteiger partial charge in [-0.05, 0) is 72.3 Å². The van der Waals surface area contributed by atoms with Crippen LogP contribution in [0.2, 0.25) is 0 Å². The van der Waals surface area contributed by atoms with Gasteiger partial charge < -0.3 is 14.1 Å². The third-order valence-electron chi connectivity index (χ3n) is 4.45. The Morgan fingerprint density at radius 3 is 2.59 bits per heavy atom. The molecule has 4 rings (SSSR count). The number of hydrogen-bond acceptors (Lipinski definition) is 4. The maximum absolute atomic E-state index is 13.8. The van der Waals surface area contributed by atoms with Crippen molar-refractivity contribution in [2.75, 3.05) is 12.0 Å². The topological polar surface area (TPSA) is 42.7 Å². The fourth-order valence-corrected chi connectivity index (χ4v) is 3.99. The first-order valence-corrected chi connectivity index (χ1v) is 9.80. The van der Waals surface area contributed by atoms with Gasteiger partial charge in [0, 0.05) is 15.4 Å². The van der Waals surface area contributed by atoms with Crippen LogP contribution in [0.3, 0.4) is 0 Å². The largest absolute Gasteiger partial charge is 0.497 e. The highest BCUT2D eigenvalue weighted by Gasteiger charge is 2.21. The van der Waals surface area contributed by atoms with Crippen molar-refractivity contribution in [2.45, 2.75) is 6.54 Å². The summed E-state index contributed by atoms with van der Waals surface area (Å²) < 4.78 is 24.3. The van der Waals surface area contributed by atoms with E-state index in [4.69, 9.17) is 9.15 Å². The molecule has 0 unspecified atom stereocenters. The molecule has 0 saturated heterocycles. The van der Waals surface area contributed by atoms with E-state index in [0.29, 0.717) is 12.2 Å². The quantitative estimate of drug-likeness (QED) is 0.393. The lowest BCUT2D eigenvalue weighted by molar-refractivity contribution is 0.0958. The summed E-state index contributed by atoms with van der Waals surface area (Å²) in [5, 5.41) is 0. The van der Waals surface area contributed by atoms with E-state index in [0.717, 1.165) is 21.1 Å². The van der Waals surface area contributed by atoms with Crippen LogP contribution in [0.4, 0.5) is 10.1 Å². The van der Waals surface area contributed by atoms with Crippen molar-refractivity contribution < 1.29 is 18.3 Å². The summed E-state index contributed by atoms with van der Waals surface area (Å²) in [5.41, 5.74) is 1.54. The van der Waals surface area contributed by atoms with Crippen molar-refractivity contribution in [3.63, 3.8) is 0 Å². The Morgan fingerprint density at radius 1 is 1.07 bits per heavy atom. The van der Waals surface area contributed by atoms with E-state index in [-0.39, 0.29) is 11.7 Å². The van der Waals surface area contributed by atoms with Crippen LogP contribution in [0.25, 0.3) is 10.4 Å². The number of carbonyl (C=O) groups is 1. The van der Waals surface area contributed by atoms with Gasteiger partial charge in [0.25, 0.3) is 5.91 Å². The molecule has 0 saturated carbocycles. The number of halogens is 1. The smallest absolute Gasteiger partial charge is 0.294 e. The molecule has 1 amide bonds. The summed E-state index contributed by atoms with van der Waals surface area (Å²) in [6.07, 6.45) is 1.45. The van der Waals surface area contributed by atoms with E-state index in [2.05, 4.69) is 0 Å². The fraction of sp³-hybridized carbons (Fsp3) is 0.0870. The van der Waals surface area contributed by atoms with Gasteiger partial charge >= 0.3 is 0 Å². The van der Waals surface area contributed by atoms with E-state index < -0.39 is 5.82 Å². The number of methoxy groups -OCH3 is 1. The zero-order chi connectivity index (χ0) is 20.2. The normalized spacial score (nSPS) is 10.7. The monoisotopic (exact) mass is 407 g/mol. The van der Waals surface area contributed by atoms with E-state index in [1.165, 1.54) is 23.3 Å². The summed E-state index contributed by atoms with van der Waals surface area (Å²) in [7, 11) is 1.63. The molecule has 0 bridgehead atoms. The zero-order valence-electron chi connectivity index (χ0n) is 15.7. The standard InChI is InChI=1S/C23H18FNO3S/c1-27-19-9-7-16(8-10-19)22-12-11-20(29-22)15-25(18-5-2-4-17(24)14-18)23(26)21-6-3-13-28-21/h2-14H,15H2,1H3. The van der Waals surface area contributed by atoms with Gasteiger partial charge in [-0.1, -0.05) is 6.07 Å². The summed E-state index contributed by atoms with van der Waals surface area (Å²) in [4.78, 5) is 16.5. The van der Waals surface area contributed by atoms with E-state index in [9.17, 15) is 9.18 Å². The Balaban J connectivity index is 1.62. The average Bonchev–Trinajstić information content (AvgIpc) is 3.44. The molecular weight excluding hydrogens is 389 g/mol. The number of anilines is 1. The van der Waals surface area contributed by atoms with Crippen LogP contribution in [0.1, 0.15) is 15.4 Å². The van der Waals surface area contributed by atoms with Crippen molar-refractivity contribution >= 4 is 22.9 Å². The lowest BCUT2D eigenvalue weighted by atomic mass is 10.2. The molecule has 6 heteroatoms. The van der Waals surface area contributed by atoms with Gasteiger partial charge in [-0.15, -0.1) is 11.3 Å². The van der Waals surface area contributed by atoms with Gasteiger partial charge in [-0.25, -0.2) is 4.39 Å². The van der Waals surface area contributed by atoms with Crippen LogP contribution in [0.5, 0.6) is 5.75 Å². The molecule has 4 aromatic rings. The lowest BCUT2D eigenvalue weighted by Crippen LogP contribution is -2.29. The number of thiophene rings is 1. The van der Waals surface area contributed by atoms with Crippen LogP contribution in [0, 0.1) is 5.82 Å². The molecule has 146 valence electrons. The Kier molecular flexibility index (Phi) is 5.44. The molecule has 4 nitrogen and oxygen atoms in total. The first-order chi connectivity index (χ1) is 14.1.